The molecule has 0 bridgehead atoms. The van der Waals surface area contributed by atoms with Gasteiger partial charge in [-0.15, -0.1) is 0 Å². The van der Waals surface area contributed by atoms with E-state index in [2.05, 4.69) is 0 Å². The van der Waals surface area contributed by atoms with E-state index in [0.29, 0.717) is 0 Å². The zero-order valence-electron chi connectivity index (χ0n) is 13.4. The van der Waals surface area contributed by atoms with Crippen molar-refractivity contribution in [3.63, 3.8) is 0 Å². The molecular formula is C19H34O. The molecule has 0 amide bonds. The van der Waals surface area contributed by atoms with Crippen LogP contribution < -0.4 is 0 Å². The monoisotopic (exact) mass is 278 g/mol. The Bertz CT molecular complexity index is 256. The van der Waals surface area contributed by atoms with Crippen molar-refractivity contribution >= 4 is 0 Å². The molecular weight excluding hydrogens is 244 g/mol. The van der Waals surface area contributed by atoms with E-state index in [1.807, 2.05) is 0 Å². The first-order valence-corrected chi connectivity index (χ1v) is 9.53. The topological polar surface area (TPSA) is 9.23 Å². The predicted octanol–water partition coefficient (Wildman–Crippen LogP) is 6.15. The van der Waals surface area contributed by atoms with Crippen LogP contribution in [0.3, 0.4) is 0 Å². The number of rotatable bonds is 0. The molecule has 2 aliphatic carbocycles. The van der Waals surface area contributed by atoms with Gasteiger partial charge in [-0.2, -0.15) is 0 Å². The van der Waals surface area contributed by atoms with E-state index < -0.39 is 0 Å². The number of hydrogen-bond acceptors (Lipinski definition) is 1. The third kappa shape index (κ3) is 3.59. The lowest BCUT2D eigenvalue weighted by molar-refractivity contribution is -0.193. The minimum atomic E-state index is 0.285. The highest BCUT2D eigenvalue weighted by molar-refractivity contribution is 4.93. The fourth-order valence-corrected chi connectivity index (χ4v) is 5.08. The van der Waals surface area contributed by atoms with Gasteiger partial charge in [0.2, 0.25) is 0 Å². The summed E-state index contributed by atoms with van der Waals surface area (Å²) in [4.78, 5) is 0. The molecule has 3 aliphatic rings. The molecule has 3 rings (SSSR count). The Morgan fingerprint density at radius 2 is 0.600 bits per heavy atom. The van der Waals surface area contributed by atoms with Crippen LogP contribution in [-0.2, 0) is 4.74 Å². The molecule has 0 atom stereocenters. The molecule has 0 unspecified atom stereocenters. The van der Waals surface area contributed by atoms with Crippen molar-refractivity contribution in [2.24, 2.45) is 0 Å². The SMILES string of the molecule is C1CCCC2(CCCCC2)OC2(CCC1)CCCCC2. The highest BCUT2D eigenvalue weighted by Crippen LogP contribution is 2.46. The molecule has 1 aliphatic heterocycles. The smallest absolute Gasteiger partial charge is 0.0690 e. The van der Waals surface area contributed by atoms with Crippen molar-refractivity contribution in [1.82, 2.24) is 0 Å². The van der Waals surface area contributed by atoms with Crippen LogP contribution in [0.1, 0.15) is 109 Å². The first kappa shape index (κ1) is 14.9. The Morgan fingerprint density at radius 1 is 0.350 bits per heavy atom. The largest absolute Gasteiger partial charge is 0.369 e. The van der Waals surface area contributed by atoms with Crippen LogP contribution in [0.15, 0.2) is 0 Å². The van der Waals surface area contributed by atoms with Crippen LogP contribution in [0.25, 0.3) is 0 Å². The Labute approximate surface area is 125 Å². The van der Waals surface area contributed by atoms with Crippen LogP contribution in [0, 0.1) is 0 Å². The Kier molecular flexibility index (Phi) is 5.07. The summed E-state index contributed by atoms with van der Waals surface area (Å²) in [5.41, 5.74) is 0.569. The Balaban J connectivity index is 1.75. The van der Waals surface area contributed by atoms with Crippen molar-refractivity contribution in [1.29, 1.82) is 0 Å². The van der Waals surface area contributed by atoms with Crippen molar-refractivity contribution in [2.45, 2.75) is 120 Å². The highest BCUT2D eigenvalue weighted by atomic mass is 16.5. The first-order valence-electron chi connectivity index (χ1n) is 9.53. The fourth-order valence-electron chi connectivity index (χ4n) is 5.08. The van der Waals surface area contributed by atoms with Crippen molar-refractivity contribution in [3.05, 3.63) is 0 Å². The average Bonchev–Trinajstić information content (AvgIpc) is 2.48. The van der Waals surface area contributed by atoms with Crippen LogP contribution in [0.5, 0.6) is 0 Å². The minimum absolute atomic E-state index is 0.285. The molecule has 1 heterocycles. The molecule has 0 N–H and O–H groups in total. The van der Waals surface area contributed by atoms with Gasteiger partial charge < -0.3 is 4.74 Å². The maximum Gasteiger partial charge on any atom is 0.0690 e. The van der Waals surface area contributed by atoms with E-state index in [0.717, 1.165) is 0 Å². The van der Waals surface area contributed by atoms with Crippen LogP contribution in [0.4, 0.5) is 0 Å². The van der Waals surface area contributed by atoms with Crippen molar-refractivity contribution in [2.75, 3.05) is 0 Å². The summed E-state index contributed by atoms with van der Waals surface area (Å²) in [6.45, 7) is 0. The summed E-state index contributed by atoms with van der Waals surface area (Å²) < 4.78 is 7.08. The summed E-state index contributed by atoms with van der Waals surface area (Å²) in [7, 11) is 0. The normalized spacial score (nSPS) is 31.2. The molecule has 0 aromatic rings. The minimum Gasteiger partial charge on any atom is -0.369 e. The summed E-state index contributed by atoms with van der Waals surface area (Å²) in [5.74, 6) is 0. The van der Waals surface area contributed by atoms with Gasteiger partial charge in [-0.25, -0.2) is 0 Å². The van der Waals surface area contributed by atoms with E-state index >= 15 is 0 Å². The lowest BCUT2D eigenvalue weighted by atomic mass is 9.76. The van der Waals surface area contributed by atoms with Gasteiger partial charge in [0.25, 0.3) is 0 Å². The zero-order valence-corrected chi connectivity index (χ0v) is 13.4. The molecule has 20 heavy (non-hydrogen) atoms. The summed E-state index contributed by atoms with van der Waals surface area (Å²) in [6, 6.07) is 0. The van der Waals surface area contributed by atoms with Crippen LogP contribution in [-0.4, -0.2) is 11.2 Å². The van der Waals surface area contributed by atoms with Gasteiger partial charge in [0.15, 0.2) is 0 Å². The van der Waals surface area contributed by atoms with E-state index in [9.17, 15) is 0 Å². The van der Waals surface area contributed by atoms with Crippen LogP contribution in [0.2, 0.25) is 0 Å². The quantitative estimate of drug-likeness (QED) is 0.516. The Morgan fingerprint density at radius 3 is 0.950 bits per heavy atom. The molecule has 116 valence electrons. The van der Waals surface area contributed by atoms with Crippen molar-refractivity contribution < 1.29 is 4.74 Å². The first-order chi connectivity index (χ1) is 9.83. The lowest BCUT2D eigenvalue weighted by Gasteiger charge is -2.48. The van der Waals surface area contributed by atoms with E-state index in [-0.39, 0.29) is 11.2 Å². The second kappa shape index (κ2) is 6.81. The average molecular weight is 278 g/mol. The van der Waals surface area contributed by atoms with Gasteiger partial charge in [-0.05, 0) is 38.5 Å². The van der Waals surface area contributed by atoms with E-state index in [1.54, 1.807) is 0 Å². The van der Waals surface area contributed by atoms with Gasteiger partial charge in [-0.3, -0.25) is 0 Å². The third-order valence-electron chi connectivity index (χ3n) is 6.23. The molecule has 2 spiro atoms. The standard InChI is InChI=1S/C19H34O/c1-2-6-12-18(14-8-4-9-15-18)20-19(13-7-3-1)16-10-5-11-17-19/h1-17H2. The molecule has 3 fully saturated rings. The van der Waals surface area contributed by atoms with Gasteiger partial charge >= 0.3 is 0 Å². The summed E-state index contributed by atoms with van der Waals surface area (Å²) >= 11 is 0. The molecule has 0 radical (unpaired) electrons. The number of ether oxygens (including phenoxy) is 1. The zero-order chi connectivity index (χ0) is 13.7. The second-order valence-electron chi connectivity index (χ2n) is 7.86. The fraction of sp³-hybridized carbons (Fsp3) is 1.00. The maximum absolute atomic E-state index is 7.08. The molecule has 2 saturated carbocycles. The third-order valence-corrected chi connectivity index (χ3v) is 6.23. The summed E-state index contributed by atoms with van der Waals surface area (Å²) in [5, 5.41) is 0. The summed E-state index contributed by atoms with van der Waals surface area (Å²) in [6.07, 6.45) is 23.8. The Hall–Kier alpha value is -0.0400. The van der Waals surface area contributed by atoms with Gasteiger partial charge in [0.05, 0.1) is 11.2 Å². The van der Waals surface area contributed by atoms with Crippen LogP contribution >= 0.6 is 0 Å². The number of hydrogen-bond donors (Lipinski definition) is 0. The predicted molar refractivity (Wildman–Crippen MR) is 85.0 cm³/mol. The van der Waals surface area contributed by atoms with E-state index in [4.69, 9.17) is 4.74 Å². The highest BCUT2D eigenvalue weighted by Gasteiger charge is 2.42. The lowest BCUT2D eigenvalue weighted by Crippen LogP contribution is -2.47. The molecule has 0 aromatic heterocycles. The van der Waals surface area contributed by atoms with Crippen molar-refractivity contribution in [3.8, 4) is 0 Å². The van der Waals surface area contributed by atoms with Gasteiger partial charge in [0.1, 0.15) is 0 Å². The van der Waals surface area contributed by atoms with Gasteiger partial charge in [0, 0.05) is 0 Å². The van der Waals surface area contributed by atoms with E-state index in [1.165, 1.54) is 109 Å². The molecule has 1 nitrogen and oxygen atoms in total. The maximum atomic E-state index is 7.08. The molecule has 1 saturated heterocycles. The second-order valence-corrected chi connectivity index (χ2v) is 7.86. The molecule has 0 aromatic carbocycles. The molecule has 1 heteroatoms. The van der Waals surface area contributed by atoms with Gasteiger partial charge in [-0.1, -0.05) is 70.6 Å².